The Morgan fingerprint density at radius 1 is 1.03 bits per heavy atom. The third-order valence-corrected chi connectivity index (χ3v) is 6.05. The van der Waals surface area contributed by atoms with Crippen molar-refractivity contribution in [3.63, 3.8) is 0 Å². The number of pyridine rings is 1. The predicted octanol–water partition coefficient (Wildman–Crippen LogP) is 3.33. The van der Waals surface area contributed by atoms with Gasteiger partial charge in [0.05, 0.1) is 0 Å². The van der Waals surface area contributed by atoms with Gasteiger partial charge >= 0.3 is 0 Å². The summed E-state index contributed by atoms with van der Waals surface area (Å²) < 4.78 is 2.08. The minimum atomic E-state index is -0.0211. The second kappa shape index (κ2) is 10.5. The van der Waals surface area contributed by atoms with E-state index in [0.717, 1.165) is 29.8 Å². The van der Waals surface area contributed by atoms with E-state index in [4.69, 9.17) is 11.6 Å². The number of hydrogen-bond acceptors (Lipinski definition) is 4. The average Bonchev–Trinajstić information content (AvgIpc) is 3.21. The fraction of sp³-hybridized carbons (Fsp3) is 0.375. The summed E-state index contributed by atoms with van der Waals surface area (Å²) in [5.74, 6) is 1.05. The van der Waals surface area contributed by atoms with Gasteiger partial charge in [0, 0.05) is 75.0 Å². The van der Waals surface area contributed by atoms with E-state index in [0.29, 0.717) is 50.5 Å². The predicted molar refractivity (Wildman–Crippen MR) is 127 cm³/mol. The van der Waals surface area contributed by atoms with E-state index in [1.165, 1.54) is 0 Å². The zero-order valence-corrected chi connectivity index (χ0v) is 18.8. The lowest BCUT2D eigenvalue weighted by molar-refractivity contribution is -0.131. The van der Waals surface area contributed by atoms with Gasteiger partial charge in [-0.05, 0) is 42.1 Å². The van der Waals surface area contributed by atoms with E-state index < -0.39 is 0 Å². The molecule has 4 rings (SSSR count). The number of nitrogens with one attached hydrogen (secondary N) is 1. The maximum Gasteiger partial charge on any atom is 0.222 e. The summed E-state index contributed by atoms with van der Waals surface area (Å²) in [6.45, 7) is 4.16. The zero-order chi connectivity index (χ0) is 22.3. The number of aromatic nitrogens is 2. The van der Waals surface area contributed by atoms with Crippen molar-refractivity contribution in [2.24, 2.45) is 0 Å². The Morgan fingerprint density at radius 2 is 1.88 bits per heavy atom. The molecule has 1 aliphatic rings. The largest absolute Gasteiger partial charge is 0.354 e. The quantitative estimate of drug-likeness (QED) is 0.568. The Kier molecular flexibility index (Phi) is 7.27. The van der Waals surface area contributed by atoms with E-state index in [2.05, 4.69) is 19.8 Å². The van der Waals surface area contributed by atoms with Gasteiger partial charge in [-0.3, -0.25) is 9.59 Å². The molecule has 0 spiro atoms. The molecule has 32 heavy (non-hydrogen) atoms. The normalized spacial score (nSPS) is 14.0. The van der Waals surface area contributed by atoms with Gasteiger partial charge in [-0.15, -0.1) is 0 Å². The average molecular weight is 454 g/mol. The molecule has 0 unspecified atom stereocenters. The van der Waals surface area contributed by atoms with Crippen molar-refractivity contribution in [2.75, 3.05) is 37.6 Å². The van der Waals surface area contributed by atoms with Crippen molar-refractivity contribution in [1.29, 1.82) is 0 Å². The fourth-order valence-electron chi connectivity index (χ4n) is 4.04. The third kappa shape index (κ3) is 5.59. The number of fused-ring (bicyclic) bond motifs is 1. The van der Waals surface area contributed by atoms with Crippen LogP contribution in [0.2, 0.25) is 5.02 Å². The third-order valence-electron chi connectivity index (χ3n) is 5.81. The van der Waals surface area contributed by atoms with Crippen LogP contribution in [0, 0.1) is 0 Å². The smallest absolute Gasteiger partial charge is 0.222 e. The molecule has 1 aliphatic heterocycles. The van der Waals surface area contributed by atoms with Crippen molar-refractivity contribution in [3.05, 3.63) is 59.9 Å². The second-order valence-electron chi connectivity index (χ2n) is 7.97. The highest BCUT2D eigenvalue weighted by molar-refractivity contribution is 6.31. The molecule has 1 fully saturated rings. The van der Waals surface area contributed by atoms with Gasteiger partial charge in [0.2, 0.25) is 11.8 Å². The minimum absolute atomic E-state index is 0.0211. The van der Waals surface area contributed by atoms with E-state index >= 15 is 0 Å². The molecule has 0 bridgehead atoms. The standard InChI is InChI=1S/C24H28ClN5O2/c25-20-8-7-19-9-12-28(21(19)18-20)13-11-27-23(31)5-3-6-24(32)30-16-14-29(15-17-30)22-4-1-2-10-26-22/h1-2,4,7-10,12,18H,3,5-6,11,13-17H2,(H,27,31). The number of hydrogen-bond donors (Lipinski definition) is 1. The van der Waals surface area contributed by atoms with Crippen LogP contribution in [0.15, 0.2) is 54.9 Å². The highest BCUT2D eigenvalue weighted by atomic mass is 35.5. The number of anilines is 1. The Morgan fingerprint density at radius 3 is 2.66 bits per heavy atom. The topological polar surface area (TPSA) is 70.5 Å². The number of halogens is 1. The SMILES string of the molecule is O=C(CCCC(=O)N1CCN(c2ccccn2)CC1)NCCn1ccc2ccc(Cl)cc21. The number of piperazine rings is 1. The van der Waals surface area contributed by atoms with Gasteiger partial charge in [0.25, 0.3) is 0 Å². The lowest BCUT2D eigenvalue weighted by atomic mass is 10.2. The Balaban J connectivity index is 1.13. The monoisotopic (exact) mass is 453 g/mol. The summed E-state index contributed by atoms with van der Waals surface area (Å²) in [5, 5.41) is 4.77. The first-order chi connectivity index (χ1) is 15.6. The van der Waals surface area contributed by atoms with Gasteiger partial charge in [-0.25, -0.2) is 4.98 Å². The maximum absolute atomic E-state index is 12.5. The molecule has 0 aliphatic carbocycles. The molecule has 3 aromatic rings. The van der Waals surface area contributed by atoms with E-state index in [9.17, 15) is 9.59 Å². The molecule has 1 aromatic carbocycles. The van der Waals surface area contributed by atoms with E-state index in [1.54, 1.807) is 6.20 Å². The van der Waals surface area contributed by atoms with Crippen molar-refractivity contribution >= 4 is 40.1 Å². The molecule has 0 saturated carbocycles. The molecular weight excluding hydrogens is 426 g/mol. The van der Waals surface area contributed by atoms with Crippen LogP contribution in [0.25, 0.3) is 10.9 Å². The molecule has 3 heterocycles. The highest BCUT2D eigenvalue weighted by Crippen LogP contribution is 2.20. The summed E-state index contributed by atoms with van der Waals surface area (Å²) in [4.78, 5) is 33.1. The second-order valence-corrected chi connectivity index (χ2v) is 8.41. The van der Waals surface area contributed by atoms with Gasteiger partial charge in [0.1, 0.15) is 5.82 Å². The Bertz CT molecular complexity index is 1060. The summed E-state index contributed by atoms with van der Waals surface area (Å²) in [6.07, 6.45) is 5.11. The van der Waals surface area contributed by atoms with Crippen LogP contribution in [0.1, 0.15) is 19.3 Å². The Labute approximate surface area is 193 Å². The summed E-state index contributed by atoms with van der Waals surface area (Å²) in [6, 6.07) is 13.7. The molecule has 1 N–H and O–H groups in total. The van der Waals surface area contributed by atoms with Crippen molar-refractivity contribution in [2.45, 2.75) is 25.8 Å². The lowest BCUT2D eigenvalue weighted by Crippen LogP contribution is -2.49. The first kappa shape index (κ1) is 22.1. The van der Waals surface area contributed by atoms with Crippen molar-refractivity contribution in [1.82, 2.24) is 19.8 Å². The van der Waals surface area contributed by atoms with Crippen molar-refractivity contribution < 1.29 is 9.59 Å². The molecule has 2 aromatic heterocycles. The summed E-state index contributed by atoms with van der Waals surface area (Å²) in [7, 11) is 0. The van der Waals surface area contributed by atoms with E-state index in [1.807, 2.05) is 53.6 Å². The molecule has 2 amide bonds. The molecule has 1 saturated heterocycles. The van der Waals surface area contributed by atoms with Crippen LogP contribution in [0.5, 0.6) is 0 Å². The molecule has 0 radical (unpaired) electrons. The highest BCUT2D eigenvalue weighted by Gasteiger charge is 2.21. The number of rotatable bonds is 8. The van der Waals surface area contributed by atoms with E-state index in [-0.39, 0.29) is 11.8 Å². The molecule has 8 heteroatoms. The summed E-state index contributed by atoms with van der Waals surface area (Å²) >= 11 is 6.09. The van der Waals surface area contributed by atoms with Crippen LogP contribution in [0.3, 0.4) is 0 Å². The maximum atomic E-state index is 12.5. The number of nitrogens with zero attached hydrogens (tertiary/aromatic N) is 4. The van der Waals surface area contributed by atoms with Crippen LogP contribution < -0.4 is 10.2 Å². The molecular formula is C24H28ClN5O2. The zero-order valence-electron chi connectivity index (χ0n) is 18.0. The van der Waals surface area contributed by atoms with Crippen LogP contribution in [0.4, 0.5) is 5.82 Å². The Hall–Kier alpha value is -3.06. The van der Waals surface area contributed by atoms with Gasteiger partial charge in [0.15, 0.2) is 0 Å². The van der Waals surface area contributed by atoms with Crippen LogP contribution >= 0.6 is 11.6 Å². The van der Waals surface area contributed by atoms with Crippen molar-refractivity contribution in [3.8, 4) is 0 Å². The molecule has 7 nitrogen and oxygen atoms in total. The number of benzene rings is 1. The van der Waals surface area contributed by atoms with Crippen LogP contribution in [-0.2, 0) is 16.1 Å². The van der Waals surface area contributed by atoms with Gasteiger partial charge in [-0.1, -0.05) is 23.7 Å². The minimum Gasteiger partial charge on any atom is -0.354 e. The lowest BCUT2D eigenvalue weighted by Gasteiger charge is -2.35. The summed E-state index contributed by atoms with van der Waals surface area (Å²) in [5.41, 5.74) is 1.06. The number of carbonyl (C=O) groups excluding carboxylic acids is 2. The van der Waals surface area contributed by atoms with Gasteiger partial charge < -0.3 is 19.7 Å². The van der Waals surface area contributed by atoms with Crippen LogP contribution in [-0.4, -0.2) is 59.0 Å². The number of amides is 2. The fourth-order valence-corrected chi connectivity index (χ4v) is 4.21. The molecule has 0 atom stereocenters. The first-order valence-electron chi connectivity index (χ1n) is 11.0. The first-order valence-corrected chi connectivity index (χ1v) is 11.4. The number of carbonyl (C=O) groups is 2. The molecule has 168 valence electrons. The van der Waals surface area contributed by atoms with Gasteiger partial charge in [-0.2, -0.15) is 0 Å².